The Hall–Kier alpha value is -3.78. The van der Waals surface area contributed by atoms with Gasteiger partial charge in [0.2, 0.25) is 0 Å². The smallest absolute Gasteiger partial charge is 0.292 e. The molecule has 0 amide bonds. The summed E-state index contributed by atoms with van der Waals surface area (Å²) in [5.74, 6) is -0.312. The summed E-state index contributed by atoms with van der Waals surface area (Å²) in [5.41, 5.74) is 2.09. The first-order valence-electron chi connectivity index (χ1n) is 12.5. The molecule has 0 radical (unpaired) electrons. The average molecular weight is 522 g/mol. The Bertz CT molecular complexity index is 1460. The standard InChI is InChI=1S/C30H27F4N3O/c1-19(24-14-13-23(17-26(24)31)30(32,33)34)36-16-15-27-25(18-36)29(38)37(20(2)35-27)28(21-9-5-3-6-10-21)22-11-7-4-8-12-22/h3-14,17,19,28H,15-16,18H2,1-2H3/t19-/m1/s1. The number of aryl methyl sites for hydroxylation is 1. The molecule has 5 rings (SSSR count). The fourth-order valence-corrected chi connectivity index (χ4v) is 5.26. The van der Waals surface area contributed by atoms with Crippen LogP contribution in [0.5, 0.6) is 0 Å². The minimum atomic E-state index is -4.62. The van der Waals surface area contributed by atoms with E-state index in [0.717, 1.165) is 17.2 Å². The van der Waals surface area contributed by atoms with Gasteiger partial charge in [0.05, 0.1) is 22.9 Å². The number of rotatable bonds is 5. The molecule has 1 aliphatic heterocycles. The predicted molar refractivity (Wildman–Crippen MR) is 137 cm³/mol. The van der Waals surface area contributed by atoms with Crippen LogP contribution < -0.4 is 5.56 Å². The van der Waals surface area contributed by atoms with E-state index in [1.807, 2.05) is 72.5 Å². The van der Waals surface area contributed by atoms with Crippen LogP contribution in [0.4, 0.5) is 17.6 Å². The molecule has 1 atom stereocenters. The average Bonchev–Trinajstić information content (AvgIpc) is 2.91. The van der Waals surface area contributed by atoms with E-state index in [9.17, 15) is 22.4 Å². The number of nitrogens with zero attached hydrogens (tertiary/aromatic N) is 3. The highest BCUT2D eigenvalue weighted by Crippen LogP contribution is 2.34. The molecule has 0 saturated heterocycles. The zero-order chi connectivity index (χ0) is 27.0. The van der Waals surface area contributed by atoms with Gasteiger partial charge in [0.1, 0.15) is 11.6 Å². The summed E-state index contributed by atoms with van der Waals surface area (Å²) in [6.45, 7) is 4.30. The highest BCUT2D eigenvalue weighted by Gasteiger charge is 2.33. The molecule has 0 unspecified atom stereocenters. The van der Waals surface area contributed by atoms with Crippen LogP contribution in [0.15, 0.2) is 83.7 Å². The van der Waals surface area contributed by atoms with Gasteiger partial charge in [-0.15, -0.1) is 0 Å². The Morgan fingerprint density at radius 3 is 2.08 bits per heavy atom. The van der Waals surface area contributed by atoms with Crippen molar-refractivity contribution >= 4 is 0 Å². The molecule has 38 heavy (non-hydrogen) atoms. The maximum Gasteiger partial charge on any atom is 0.416 e. The predicted octanol–water partition coefficient (Wildman–Crippen LogP) is 6.47. The van der Waals surface area contributed by atoms with Crippen molar-refractivity contribution in [3.05, 3.63) is 134 Å². The second kappa shape index (κ2) is 10.2. The minimum absolute atomic E-state index is 0.160. The van der Waals surface area contributed by atoms with Gasteiger partial charge in [0.25, 0.3) is 5.56 Å². The van der Waals surface area contributed by atoms with Gasteiger partial charge in [0.15, 0.2) is 0 Å². The maximum atomic E-state index is 14.8. The molecule has 0 saturated carbocycles. The Kier molecular flexibility index (Phi) is 6.92. The van der Waals surface area contributed by atoms with Crippen molar-refractivity contribution < 1.29 is 17.6 Å². The number of halogens is 4. The molecule has 2 heterocycles. The van der Waals surface area contributed by atoms with Crippen LogP contribution >= 0.6 is 0 Å². The van der Waals surface area contributed by atoms with Crippen molar-refractivity contribution in [2.75, 3.05) is 6.54 Å². The van der Waals surface area contributed by atoms with E-state index in [-0.39, 0.29) is 23.7 Å². The second-order valence-corrected chi connectivity index (χ2v) is 9.61. The lowest BCUT2D eigenvalue weighted by Crippen LogP contribution is -2.41. The largest absolute Gasteiger partial charge is 0.416 e. The van der Waals surface area contributed by atoms with Crippen LogP contribution in [0, 0.1) is 12.7 Å². The van der Waals surface area contributed by atoms with Crippen molar-refractivity contribution in [1.29, 1.82) is 0 Å². The first-order chi connectivity index (χ1) is 18.1. The monoisotopic (exact) mass is 521 g/mol. The van der Waals surface area contributed by atoms with Crippen LogP contribution in [0.3, 0.4) is 0 Å². The third-order valence-corrected chi connectivity index (χ3v) is 7.28. The molecule has 0 fully saturated rings. The van der Waals surface area contributed by atoms with Gasteiger partial charge in [-0.1, -0.05) is 66.7 Å². The fourth-order valence-electron chi connectivity index (χ4n) is 5.26. The number of benzene rings is 3. The molecule has 0 N–H and O–H groups in total. The topological polar surface area (TPSA) is 38.1 Å². The van der Waals surface area contributed by atoms with E-state index >= 15 is 0 Å². The maximum absolute atomic E-state index is 14.8. The van der Waals surface area contributed by atoms with Crippen LogP contribution in [0.2, 0.25) is 0 Å². The second-order valence-electron chi connectivity index (χ2n) is 9.61. The van der Waals surface area contributed by atoms with Crippen molar-refractivity contribution in [1.82, 2.24) is 14.5 Å². The summed E-state index contributed by atoms with van der Waals surface area (Å²) in [7, 11) is 0. The molecule has 3 aromatic carbocycles. The Morgan fingerprint density at radius 1 is 0.921 bits per heavy atom. The summed E-state index contributed by atoms with van der Waals surface area (Å²) in [6, 6.07) is 21.2. The fraction of sp³-hybridized carbons (Fsp3) is 0.267. The van der Waals surface area contributed by atoms with Crippen molar-refractivity contribution in [2.45, 2.75) is 45.1 Å². The Morgan fingerprint density at radius 2 is 1.53 bits per heavy atom. The van der Waals surface area contributed by atoms with Crippen LogP contribution in [-0.4, -0.2) is 21.0 Å². The molecule has 1 aliphatic rings. The summed E-state index contributed by atoms with van der Waals surface area (Å²) in [5, 5.41) is 0. The molecule has 0 bridgehead atoms. The number of hydrogen-bond acceptors (Lipinski definition) is 3. The molecular weight excluding hydrogens is 494 g/mol. The molecule has 4 nitrogen and oxygen atoms in total. The van der Waals surface area contributed by atoms with Gasteiger partial charge in [-0.2, -0.15) is 13.2 Å². The van der Waals surface area contributed by atoms with E-state index in [4.69, 9.17) is 4.98 Å². The van der Waals surface area contributed by atoms with Gasteiger partial charge in [-0.3, -0.25) is 14.3 Å². The van der Waals surface area contributed by atoms with Crippen molar-refractivity contribution in [3.63, 3.8) is 0 Å². The third kappa shape index (κ3) is 4.88. The molecular formula is C30H27F4N3O. The van der Waals surface area contributed by atoms with Gasteiger partial charge >= 0.3 is 6.18 Å². The quantitative estimate of drug-likeness (QED) is 0.283. The number of fused-ring (bicyclic) bond motifs is 1. The van der Waals surface area contributed by atoms with Crippen molar-refractivity contribution in [3.8, 4) is 0 Å². The van der Waals surface area contributed by atoms with E-state index in [1.54, 1.807) is 11.5 Å². The minimum Gasteiger partial charge on any atom is -0.292 e. The molecule has 8 heteroatoms. The Labute approximate surface area is 218 Å². The molecule has 1 aromatic heterocycles. The lowest BCUT2D eigenvalue weighted by atomic mass is 9.96. The van der Waals surface area contributed by atoms with Gasteiger partial charge in [-0.05, 0) is 37.1 Å². The Balaban J connectivity index is 1.53. The van der Waals surface area contributed by atoms with Gasteiger partial charge in [0, 0.05) is 31.1 Å². The molecule has 196 valence electrons. The van der Waals surface area contributed by atoms with Gasteiger partial charge < -0.3 is 0 Å². The van der Waals surface area contributed by atoms with Crippen LogP contribution in [0.1, 0.15) is 58.3 Å². The third-order valence-electron chi connectivity index (χ3n) is 7.28. The van der Waals surface area contributed by atoms with E-state index in [0.29, 0.717) is 36.1 Å². The van der Waals surface area contributed by atoms with E-state index in [2.05, 4.69) is 0 Å². The van der Waals surface area contributed by atoms with Gasteiger partial charge in [-0.25, -0.2) is 9.37 Å². The summed E-state index contributed by atoms with van der Waals surface area (Å²) in [6.07, 6.45) is -4.13. The summed E-state index contributed by atoms with van der Waals surface area (Å²) < 4.78 is 55.5. The molecule has 4 aromatic rings. The SMILES string of the molecule is Cc1nc2c(c(=O)n1C(c1ccccc1)c1ccccc1)CN([C@H](C)c1ccc(C(F)(F)F)cc1F)CC2. The van der Waals surface area contributed by atoms with Crippen LogP contribution in [0.25, 0.3) is 0 Å². The number of aromatic nitrogens is 2. The highest BCUT2D eigenvalue weighted by atomic mass is 19.4. The zero-order valence-electron chi connectivity index (χ0n) is 21.0. The number of hydrogen-bond donors (Lipinski definition) is 0. The lowest BCUT2D eigenvalue weighted by molar-refractivity contribution is -0.137. The van der Waals surface area contributed by atoms with E-state index < -0.39 is 23.6 Å². The van der Waals surface area contributed by atoms with Crippen molar-refractivity contribution in [2.24, 2.45) is 0 Å². The highest BCUT2D eigenvalue weighted by molar-refractivity contribution is 5.35. The normalized spacial score (nSPS) is 14.9. The van der Waals surface area contributed by atoms with E-state index in [1.165, 1.54) is 6.07 Å². The first-order valence-corrected chi connectivity index (χ1v) is 12.5. The number of alkyl halides is 3. The summed E-state index contributed by atoms with van der Waals surface area (Å²) in [4.78, 5) is 20.8. The van der Waals surface area contributed by atoms with Crippen LogP contribution in [-0.2, 0) is 19.1 Å². The molecule has 0 aliphatic carbocycles. The zero-order valence-corrected chi connectivity index (χ0v) is 21.0. The first kappa shape index (κ1) is 25.9. The molecule has 0 spiro atoms. The lowest BCUT2D eigenvalue weighted by Gasteiger charge is -2.34. The summed E-state index contributed by atoms with van der Waals surface area (Å²) >= 11 is 0.